The molecular weight excluding hydrogens is 396 g/mol. The van der Waals surface area contributed by atoms with Gasteiger partial charge in [0.1, 0.15) is 22.9 Å². The van der Waals surface area contributed by atoms with Crippen LogP contribution in [0.1, 0.15) is 6.92 Å². The van der Waals surface area contributed by atoms with Crippen LogP contribution >= 0.6 is 0 Å². The van der Waals surface area contributed by atoms with Gasteiger partial charge in [-0.1, -0.05) is 18.2 Å². The van der Waals surface area contributed by atoms with Crippen LogP contribution in [-0.4, -0.2) is 31.6 Å². The van der Waals surface area contributed by atoms with Crippen LogP contribution in [0.2, 0.25) is 0 Å². The Hall–Kier alpha value is -3.50. The second-order valence-electron chi connectivity index (χ2n) is 6.08. The Labute approximate surface area is 166 Å². The lowest BCUT2D eigenvalue weighted by Crippen LogP contribution is -2.18. The molecule has 0 radical (unpaired) electrons. The molecule has 4 N–H and O–H groups in total. The zero-order chi connectivity index (χ0) is 21.2. The summed E-state index contributed by atoms with van der Waals surface area (Å²) in [6.45, 7) is 1.36. The minimum Gasteiger partial charge on any atom is -0.506 e. The zero-order valence-electron chi connectivity index (χ0n) is 15.5. The number of hydrogen-bond donors (Lipinski definition) is 4. The van der Waals surface area contributed by atoms with Gasteiger partial charge >= 0.3 is 0 Å². The summed E-state index contributed by atoms with van der Waals surface area (Å²) in [7, 11) is -2.48. The van der Waals surface area contributed by atoms with Crippen LogP contribution in [0.25, 0.3) is 10.8 Å². The first kappa shape index (κ1) is 20.2. The highest BCUT2D eigenvalue weighted by Crippen LogP contribution is 2.41. The Balaban J connectivity index is 2.16. The Morgan fingerprint density at radius 1 is 1.00 bits per heavy atom. The van der Waals surface area contributed by atoms with Crippen molar-refractivity contribution in [3.05, 3.63) is 48.5 Å². The fourth-order valence-electron chi connectivity index (χ4n) is 2.72. The maximum atomic E-state index is 12.0. The SMILES string of the molecule is CNS(=O)(=O)c1ccc(O)c(N=Nc2c(O)ccc3cccc(NC(C)=O)c23)c1. The minimum atomic E-state index is -3.74. The molecule has 0 aliphatic heterocycles. The third kappa shape index (κ3) is 4.18. The Morgan fingerprint density at radius 2 is 1.72 bits per heavy atom. The summed E-state index contributed by atoms with van der Waals surface area (Å²) in [6.07, 6.45) is 0. The third-order valence-corrected chi connectivity index (χ3v) is 5.50. The molecule has 0 heterocycles. The number of sulfonamides is 1. The number of aromatic hydroxyl groups is 2. The van der Waals surface area contributed by atoms with E-state index in [2.05, 4.69) is 20.3 Å². The predicted molar refractivity (Wildman–Crippen MR) is 108 cm³/mol. The lowest BCUT2D eigenvalue weighted by atomic mass is 10.1. The second kappa shape index (κ2) is 7.86. The van der Waals surface area contributed by atoms with Crippen molar-refractivity contribution in [3.63, 3.8) is 0 Å². The zero-order valence-corrected chi connectivity index (χ0v) is 16.4. The molecule has 9 nitrogen and oxygen atoms in total. The van der Waals surface area contributed by atoms with E-state index in [0.29, 0.717) is 16.5 Å². The van der Waals surface area contributed by atoms with Crippen molar-refractivity contribution in [1.29, 1.82) is 0 Å². The van der Waals surface area contributed by atoms with E-state index in [0.717, 1.165) is 6.07 Å². The van der Waals surface area contributed by atoms with E-state index in [1.165, 1.54) is 32.2 Å². The van der Waals surface area contributed by atoms with Crippen molar-refractivity contribution < 1.29 is 23.4 Å². The first-order valence-electron chi connectivity index (χ1n) is 8.43. The van der Waals surface area contributed by atoms with Crippen LogP contribution in [0.3, 0.4) is 0 Å². The maximum absolute atomic E-state index is 12.0. The van der Waals surface area contributed by atoms with Gasteiger partial charge in [0.05, 0.1) is 10.6 Å². The van der Waals surface area contributed by atoms with Crippen molar-refractivity contribution >= 4 is 43.8 Å². The smallest absolute Gasteiger partial charge is 0.240 e. The lowest BCUT2D eigenvalue weighted by molar-refractivity contribution is -0.114. The summed E-state index contributed by atoms with van der Waals surface area (Å²) in [6, 6.07) is 11.8. The molecule has 0 saturated carbocycles. The summed E-state index contributed by atoms with van der Waals surface area (Å²) in [5, 5.41) is 32.1. The molecule has 10 heteroatoms. The average Bonchev–Trinajstić information content (AvgIpc) is 2.68. The molecule has 150 valence electrons. The number of nitrogens with one attached hydrogen (secondary N) is 2. The number of carbonyl (C=O) groups excluding carboxylic acids is 1. The van der Waals surface area contributed by atoms with Crippen molar-refractivity contribution in [2.75, 3.05) is 12.4 Å². The molecule has 3 aromatic carbocycles. The van der Waals surface area contributed by atoms with E-state index in [1.54, 1.807) is 24.3 Å². The number of rotatable bonds is 5. The molecule has 3 rings (SSSR count). The number of carbonyl (C=O) groups is 1. The van der Waals surface area contributed by atoms with Gasteiger partial charge in [-0.2, -0.15) is 0 Å². The van der Waals surface area contributed by atoms with Gasteiger partial charge in [-0.3, -0.25) is 4.79 Å². The Bertz CT molecular complexity index is 1240. The van der Waals surface area contributed by atoms with E-state index < -0.39 is 10.0 Å². The molecule has 0 bridgehead atoms. The first-order valence-corrected chi connectivity index (χ1v) is 9.92. The van der Waals surface area contributed by atoms with E-state index >= 15 is 0 Å². The molecule has 0 aliphatic rings. The number of hydrogen-bond acceptors (Lipinski definition) is 7. The molecular formula is C19H18N4O5S. The minimum absolute atomic E-state index is 0.0631. The summed E-state index contributed by atoms with van der Waals surface area (Å²) in [5.74, 6) is -0.783. The first-order chi connectivity index (χ1) is 13.7. The molecule has 0 unspecified atom stereocenters. The van der Waals surface area contributed by atoms with Crippen LogP contribution in [-0.2, 0) is 14.8 Å². The number of azo groups is 1. The topological polar surface area (TPSA) is 140 Å². The van der Waals surface area contributed by atoms with Gasteiger partial charge in [0.2, 0.25) is 15.9 Å². The number of benzene rings is 3. The largest absolute Gasteiger partial charge is 0.506 e. The van der Waals surface area contributed by atoms with E-state index in [1.807, 2.05) is 0 Å². The molecule has 1 amide bonds. The normalized spacial score (nSPS) is 11.8. The van der Waals surface area contributed by atoms with Crippen LogP contribution in [0.15, 0.2) is 63.7 Å². The highest BCUT2D eigenvalue weighted by molar-refractivity contribution is 7.89. The molecule has 0 saturated heterocycles. The summed E-state index contributed by atoms with van der Waals surface area (Å²) in [4.78, 5) is 11.4. The van der Waals surface area contributed by atoms with Gasteiger partial charge in [-0.15, -0.1) is 10.2 Å². The highest BCUT2D eigenvalue weighted by Gasteiger charge is 2.15. The van der Waals surface area contributed by atoms with Gasteiger partial charge in [0.25, 0.3) is 0 Å². The quantitative estimate of drug-likeness (QED) is 0.473. The monoisotopic (exact) mass is 414 g/mol. The predicted octanol–water partition coefficient (Wildman–Crippen LogP) is 3.53. The average molecular weight is 414 g/mol. The van der Waals surface area contributed by atoms with Crippen LogP contribution < -0.4 is 10.0 Å². The fourth-order valence-corrected chi connectivity index (χ4v) is 3.47. The van der Waals surface area contributed by atoms with Gasteiger partial charge in [0, 0.05) is 12.3 Å². The standard InChI is InChI=1S/C19H18N4O5S/c1-11(24)21-14-5-3-4-12-6-8-17(26)19(18(12)14)23-22-15-10-13(7-9-16(15)25)29(27,28)20-2/h3-10,20,25-26H,1-2H3,(H,21,24). The Kier molecular flexibility index (Phi) is 5.48. The van der Waals surface area contributed by atoms with E-state index in [4.69, 9.17) is 0 Å². The van der Waals surface area contributed by atoms with Crippen LogP contribution in [0.4, 0.5) is 17.1 Å². The lowest BCUT2D eigenvalue weighted by Gasteiger charge is -2.10. The second-order valence-corrected chi connectivity index (χ2v) is 7.96. The number of nitrogens with zero attached hydrogens (tertiary/aromatic N) is 2. The van der Waals surface area contributed by atoms with Crippen LogP contribution in [0, 0.1) is 0 Å². The summed E-state index contributed by atoms with van der Waals surface area (Å²) >= 11 is 0. The third-order valence-electron chi connectivity index (χ3n) is 4.09. The molecule has 3 aromatic rings. The van der Waals surface area contributed by atoms with Crippen molar-refractivity contribution in [2.45, 2.75) is 11.8 Å². The van der Waals surface area contributed by atoms with Crippen molar-refractivity contribution in [1.82, 2.24) is 4.72 Å². The fraction of sp³-hybridized carbons (Fsp3) is 0.105. The van der Waals surface area contributed by atoms with Crippen LogP contribution in [0.5, 0.6) is 11.5 Å². The number of amides is 1. The molecule has 29 heavy (non-hydrogen) atoms. The number of phenols is 2. The molecule has 0 fully saturated rings. The van der Waals surface area contributed by atoms with Gasteiger partial charge in [0.15, 0.2) is 0 Å². The highest BCUT2D eigenvalue weighted by atomic mass is 32.2. The molecule has 0 atom stereocenters. The van der Waals surface area contributed by atoms with Gasteiger partial charge < -0.3 is 15.5 Å². The maximum Gasteiger partial charge on any atom is 0.240 e. The summed E-state index contributed by atoms with van der Waals surface area (Å²) in [5.41, 5.74) is 0.387. The van der Waals surface area contributed by atoms with E-state index in [-0.39, 0.29) is 33.7 Å². The van der Waals surface area contributed by atoms with Gasteiger partial charge in [-0.25, -0.2) is 13.1 Å². The molecule has 0 spiro atoms. The number of fused-ring (bicyclic) bond motifs is 1. The Morgan fingerprint density at radius 3 is 2.41 bits per heavy atom. The van der Waals surface area contributed by atoms with E-state index in [9.17, 15) is 23.4 Å². The van der Waals surface area contributed by atoms with Gasteiger partial charge in [-0.05, 0) is 42.8 Å². The number of anilines is 1. The van der Waals surface area contributed by atoms with Crippen molar-refractivity contribution in [2.24, 2.45) is 10.2 Å². The van der Waals surface area contributed by atoms with Crippen molar-refractivity contribution in [3.8, 4) is 11.5 Å². The molecule has 0 aliphatic carbocycles. The summed E-state index contributed by atoms with van der Waals surface area (Å²) < 4.78 is 26.1. The number of phenolic OH excluding ortho intramolecular Hbond substituents is 2. The molecule has 0 aromatic heterocycles.